The normalized spacial score (nSPS) is 16.4. The van der Waals surface area contributed by atoms with Crippen molar-refractivity contribution in [1.82, 2.24) is 0 Å². The number of nitrogens with two attached hydrogens (primary N) is 1. The number of hydrogen-bond acceptors (Lipinski definition) is 5. The number of para-hydroxylation sites is 1. The van der Waals surface area contributed by atoms with Crippen LogP contribution in [0.3, 0.4) is 0 Å². The number of carbonyl (C=O) groups excluding carboxylic acids is 1. The van der Waals surface area contributed by atoms with Crippen molar-refractivity contribution in [2.45, 2.75) is 6.92 Å². The first-order valence-electron chi connectivity index (χ1n) is 8.30. The van der Waals surface area contributed by atoms with Gasteiger partial charge in [-0.2, -0.15) is 10.1 Å². The minimum atomic E-state index is -0.804. The lowest BCUT2D eigenvalue weighted by Crippen LogP contribution is -2.40. The number of amidine groups is 1. The number of anilines is 2. The standard InChI is InChI=1S/C19H18Cl2N4O2/c1-2-27-16-11-13(18(22)24-25(16)12-7-4-3-5-8-12)19(26)23-15-10-6-9-14(20)17(15)21/h3-11,13H,2H2,1H3,(H2,22,24)(H,23,26). The molecule has 6 nitrogen and oxygen atoms in total. The van der Waals surface area contributed by atoms with Gasteiger partial charge in [0.15, 0.2) is 0 Å². The quantitative estimate of drug-likeness (QED) is 0.781. The van der Waals surface area contributed by atoms with Crippen molar-refractivity contribution >= 4 is 46.3 Å². The Kier molecular flexibility index (Phi) is 5.88. The first-order chi connectivity index (χ1) is 13.0. The summed E-state index contributed by atoms with van der Waals surface area (Å²) < 4.78 is 5.67. The average Bonchev–Trinajstić information content (AvgIpc) is 2.67. The van der Waals surface area contributed by atoms with E-state index in [9.17, 15) is 4.79 Å². The number of amides is 1. The lowest BCUT2D eigenvalue weighted by atomic mass is 10.1. The van der Waals surface area contributed by atoms with Crippen LogP contribution >= 0.6 is 23.2 Å². The third-order valence-corrected chi connectivity index (χ3v) is 4.66. The van der Waals surface area contributed by atoms with Crippen molar-refractivity contribution in [2.24, 2.45) is 16.8 Å². The van der Waals surface area contributed by atoms with E-state index in [-0.39, 0.29) is 16.8 Å². The lowest BCUT2D eigenvalue weighted by molar-refractivity contribution is -0.117. The number of nitrogens with one attached hydrogen (secondary N) is 1. The highest BCUT2D eigenvalue weighted by Gasteiger charge is 2.30. The van der Waals surface area contributed by atoms with Gasteiger partial charge < -0.3 is 15.8 Å². The Balaban J connectivity index is 1.87. The van der Waals surface area contributed by atoms with E-state index in [0.29, 0.717) is 23.2 Å². The minimum absolute atomic E-state index is 0.137. The van der Waals surface area contributed by atoms with E-state index in [1.54, 1.807) is 29.3 Å². The number of hydrogen-bond donors (Lipinski definition) is 2. The maximum Gasteiger partial charge on any atom is 0.239 e. The Bertz CT molecular complexity index is 900. The molecule has 0 fully saturated rings. The molecule has 140 valence electrons. The van der Waals surface area contributed by atoms with Crippen LogP contribution in [0.25, 0.3) is 0 Å². The molecule has 27 heavy (non-hydrogen) atoms. The highest BCUT2D eigenvalue weighted by atomic mass is 35.5. The van der Waals surface area contributed by atoms with E-state index >= 15 is 0 Å². The van der Waals surface area contributed by atoms with Crippen LogP contribution in [0.4, 0.5) is 11.4 Å². The van der Waals surface area contributed by atoms with Crippen molar-refractivity contribution in [3.05, 3.63) is 70.5 Å². The SMILES string of the molecule is CCOC1=CC(C(=O)Nc2cccc(Cl)c2Cl)C(N)=NN1c1ccccc1. The molecule has 0 aliphatic carbocycles. The van der Waals surface area contributed by atoms with Crippen LogP contribution in [-0.2, 0) is 9.53 Å². The summed E-state index contributed by atoms with van der Waals surface area (Å²) in [6.07, 6.45) is 1.63. The molecule has 0 bridgehead atoms. The number of halogens is 2. The second kappa shape index (κ2) is 8.33. The van der Waals surface area contributed by atoms with Crippen LogP contribution in [-0.4, -0.2) is 18.3 Å². The van der Waals surface area contributed by atoms with Gasteiger partial charge in [0.1, 0.15) is 11.8 Å². The molecule has 1 aliphatic rings. The van der Waals surface area contributed by atoms with Gasteiger partial charge in [0, 0.05) is 0 Å². The molecule has 1 heterocycles. The van der Waals surface area contributed by atoms with Crippen LogP contribution < -0.4 is 16.1 Å². The molecule has 3 N–H and O–H groups in total. The zero-order chi connectivity index (χ0) is 19.4. The van der Waals surface area contributed by atoms with Crippen LogP contribution in [0.1, 0.15) is 6.92 Å². The maximum atomic E-state index is 12.7. The van der Waals surface area contributed by atoms with Crippen molar-refractivity contribution in [3.63, 3.8) is 0 Å². The number of ether oxygens (including phenoxy) is 1. The molecule has 2 aromatic carbocycles. The summed E-state index contributed by atoms with van der Waals surface area (Å²) in [6, 6.07) is 14.4. The van der Waals surface area contributed by atoms with Crippen molar-refractivity contribution in [1.29, 1.82) is 0 Å². The van der Waals surface area contributed by atoms with E-state index < -0.39 is 5.92 Å². The van der Waals surface area contributed by atoms with Gasteiger partial charge in [0.05, 0.1) is 28.0 Å². The molecular formula is C19H18Cl2N4O2. The van der Waals surface area contributed by atoms with Gasteiger partial charge in [0.2, 0.25) is 11.8 Å². The second-order valence-corrected chi connectivity index (χ2v) is 6.46. The minimum Gasteiger partial charge on any atom is -0.478 e. The molecule has 0 radical (unpaired) electrons. The molecule has 1 atom stereocenters. The third kappa shape index (κ3) is 4.18. The Morgan fingerprint density at radius 1 is 1.22 bits per heavy atom. The van der Waals surface area contributed by atoms with Crippen LogP contribution in [0.2, 0.25) is 10.0 Å². The van der Waals surface area contributed by atoms with Crippen molar-refractivity contribution in [2.75, 3.05) is 16.9 Å². The zero-order valence-corrected chi connectivity index (χ0v) is 16.0. The molecule has 0 saturated heterocycles. The van der Waals surface area contributed by atoms with E-state index in [0.717, 1.165) is 5.69 Å². The fourth-order valence-electron chi connectivity index (χ4n) is 2.56. The van der Waals surface area contributed by atoms with Gasteiger partial charge in [-0.25, -0.2) is 0 Å². The predicted molar refractivity (Wildman–Crippen MR) is 109 cm³/mol. The average molecular weight is 405 g/mol. The molecule has 0 saturated carbocycles. The highest BCUT2D eigenvalue weighted by Crippen LogP contribution is 2.31. The topological polar surface area (TPSA) is 79.9 Å². The number of rotatable bonds is 5. The summed E-state index contributed by atoms with van der Waals surface area (Å²) in [4.78, 5) is 12.7. The van der Waals surface area contributed by atoms with Gasteiger partial charge in [0.25, 0.3) is 0 Å². The van der Waals surface area contributed by atoms with Crippen molar-refractivity contribution in [3.8, 4) is 0 Å². The smallest absolute Gasteiger partial charge is 0.239 e. The summed E-state index contributed by atoms with van der Waals surface area (Å²) in [5, 5.41) is 9.26. The van der Waals surface area contributed by atoms with Crippen LogP contribution in [0.5, 0.6) is 0 Å². The Labute approximate surface area is 167 Å². The molecule has 1 unspecified atom stereocenters. The van der Waals surface area contributed by atoms with Crippen LogP contribution in [0, 0.1) is 5.92 Å². The molecule has 2 aromatic rings. The van der Waals surface area contributed by atoms with Gasteiger partial charge in [-0.05, 0) is 37.3 Å². The van der Waals surface area contributed by atoms with E-state index in [1.807, 2.05) is 37.3 Å². The zero-order valence-electron chi connectivity index (χ0n) is 14.5. The highest BCUT2D eigenvalue weighted by molar-refractivity contribution is 6.44. The monoisotopic (exact) mass is 404 g/mol. The number of hydrazone groups is 1. The molecule has 1 amide bonds. The first-order valence-corrected chi connectivity index (χ1v) is 9.05. The lowest BCUT2D eigenvalue weighted by Gasteiger charge is -2.28. The Hall–Kier alpha value is -2.70. The predicted octanol–water partition coefficient (Wildman–Crippen LogP) is 4.22. The fraction of sp³-hybridized carbons (Fsp3) is 0.158. The summed E-state index contributed by atoms with van der Waals surface area (Å²) in [5.74, 6) is -0.625. The van der Waals surface area contributed by atoms with E-state index in [2.05, 4.69) is 10.4 Å². The Morgan fingerprint density at radius 2 is 1.96 bits per heavy atom. The third-order valence-electron chi connectivity index (χ3n) is 3.84. The van der Waals surface area contributed by atoms with Crippen molar-refractivity contribution < 1.29 is 9.53 Å². The maximum absolute atomic E-state index is 12.7. The number of nitrogens with zero attached hydrogens (tertiary/aromatic N) is 2. The molecule has 1 aliphatic heterocycles. The number of benzene rings is 2. The fourth-order valence-corrected chi connectivity index (χ4v) is 2.91. The second-order valence-electron chi connectivity index (χ2n) is 5.68. The molecule has 0 spiro atoms. The summed E-state index contributed by atoms with van der Waals surface area (Å²) in [7, 11) is 0. The summed E-state index contributed by atoms with van der Waals surface area (Å²) in [5.41, 5.74) is 7.25. The van der Waals surface area contributed by atoms with Crippen LogP contribution in [0.15, 0.2) is 65.6 Å². The summed E-state index contributed by atoms with van der Waals surface area (Å²) in [6.45, 7) is 2.27. The van der Waals surface area contributed by atoms with E-state index in [1.165, 1.54) is 0 Å². The molecular weight excluding hydrogens is 387 g/mol. The first kappa shape index (κ1) is 19.1. The summed E-state index contributed by atoms with van der Waals surface area (Å²) >= 11 is 12.1. The van der Waals surface area contributed by atoms with Gasteiger partial charge >= 0.3 is 0 Å². The largest absolute Gasteiger partial charge is 0.478 e. The van der Waals surface area contributed by atoms with Gasteiger partial charge in [-0.3, -0.25) is 4.79 Å². The molecule has 8 heteroatoms. The Morgan fingerprint density at radius 3 is 2.67 bits per heavy atom. The van der Waals surface area contributed by atoms with E-state index in [4.69, 9.17) is 33.7 Å². The number of carbonyl (C=O) groups is 1. The molecule has 0 aromatic heterocycles. The molecule has 3 rings (SSSR count). The van der Waals surface area contributed by atoms with Gasteiger partial charge in [-0.1, -0.05) is 47.5 Å². The van der Waals surface area contributed by atoms with Gasteiger partial charge in [-0.15, -0.1) is 0 Å².